The number of nitrogens with two attached hydrogens (primary N) is 1. The number of benzene rings is 3. The van der Waals surface area contributed by atoms with Crippen molar-refractivity contribution in [3.63, 3.8) is 0 Å². The van der Waals surface area contributed by atoms with E-state index in [0.717, 1.165) is 11.1 Å². The Morgan fingerprint density at radius 3 is 2.27 bits per heavy atom. The Bertz CT molecular complexity index is 1810. The van der Waals surface area contributed by atoms with Gasteiger partial charge in [0.25, 0.3) is 10.0 Å². The van der Waals surface area contributed by atoms with E-state index in [1.165, 1.54) is 30.0 Å². The predicted molar refractivity (Wildman–Crippen MR) is 178 cm³/mol. The van der Waals surface area contributed by atoms with E-state index in [1.807, 2.05) is 60.7 Å². The van der Waals surface area contributed by atoms with Gasteiger partial charge >= 0.3 is 6.09 Å². The molecule has 2 amide bonds. The molecule has 0 bridgehead atoms. The number of likely N-dealkylation sites (tertiary alicyclic amines) is 1. The number of carbonyl (C=O) groups is 2. The van der Waals surface area contributed by atoms with Crippen LogP contribution in [0, 0.1) is 11.8 Å². The zero-order valence-electron chi connectivity index (χ0n) is 26.9. The van der Waals surface area contributed by atoms with Gasteiger partial charge in [0, 0.05) is 18.7 Å². The predicted octanol–water partition coefficient (Wildman–Crippen LogP) is 3.95. The van der Waals surface area contributed by atoms with E-state index in [1.54, 1.807) is 6.92 Å². The minimum Gasteiger partial charge on any atom is -0.454 e. The van der Waals surface area contributed by atoms with Crippen LogP contribution in [0.15, 0.2) is 83.8 Å². The minimum atomic E-state index is -4.57. The first kappa shape index (κ1) is 35.2. The van der Waals surface area contributed by atoms with Crippen molar-refractivity contribution in [3.05, 3.63) is 90.0 Å². The molecule has 0 radical (unpaired) electrons. The highest BCUT2D eigenvalue weighted by Gasteiger charge is 2.41. The van der Waals surface area contributed by atoms with Gasteiger partial charge in [0.1, 0.15) is 6.61 Å². The normalized spacial score (nSPS) is 17.8. The van der Waals surface area contributed by atoms with E-state index in [0.29, 0.717) is 35.9 Å². The van der Waals surface area contributed by atoms with Gasteiger partial charge in [-0.15, -0.1) is 0 Å². The van der Waals surface area contributed by atoms with Crippen molar-refractivity contribution in [2.45, 2.75) is 56.8 Å². The Morgan fingerprint density at radius 1 is 0.938 bits per heavy atom. The molecule has 2 aliphatic rings. The van der Waals surface area contributed by atoms with Gasteiger partial charge in [-0.25, -0.2) is 25.9 Å². The third kappa shape index (κ3) is 8.28. The Hall–Kier alpha value is -4.14. The fraction of sp³-hybridized carbons (Fsp3) is 0.412. The summed E-state index contributed by atoms with van der Waals surface area (Å²) < 4.78 is 72.0. The van der Waals surface area contributed by atoms with E-state index in [2.05, 4.69) is 0 Å². The molecule has 1 fully saturated rings. The third-order valence-electron chi connectivity index (χ3n) is 8.56. The summed E-state index contributed by atoms with van der Waals surface area (Å²) in [5.74, 6) is -3.22. The monoisotopic (exact) mass is 699 g/mol. The van der Waals surface area contributed by atoms with E-state index >= 15 is 0 Å². The lowest BCUT2D eigenvalue weighted by molar-refractivity contribution is -0.131. The second-order valence-corrected chi connectivity index (χ2v) is 16.3. The van der Waals surface area contributed by atoms with E-state index in [4.69, 9.17) is 19.9 Å². The first-order valence-corrected chi connectivity index (χ1v) is 19.1. The number of rotatable bonds is 13. The molecule has 2 aliphatic heterocycles. The molecule has 3 aromatic rings. The van der Waals surface area contributed by atoms with Gasteiger partial charge in [-0.1, -0.05) is 74.5 Å². The topological polar surface area (TPSA) is 163 Å². The fourth-order valence-electron chi connectivity index (χ4n) is 6.00. The molecule has 14 heteroatoms. The summed E-state index contributed by atoms with van der Waals surface area (Å²) in [6.07, 6.45) is -0.505. The Morgan fingerprint density at radius 2 is 1.58 bits per heavy atom. The highest BCUT2D eigenvalue weighted by Crippen LogP contribution is 2.35. The average Bonchev–Trinajstić information content (AvgIpc) is 3.73. The molecule has 0 aromatic heterocycles. The molecule has 3 aromatic carbocycles. The van der Waals surface area contributed by atoms with Crippen LogP contribution in [0.25, 0.3) is 0 Å². The second-order valence-electron chi connectivity index (χ2n) is 12.3. The number of hydrogen-bond donors (Lipinski definition) is 1. The van der Waals surface area contributed by atoms with Gasteiger partial charge < -0.3 is 24.8 Å². The highest BCUT2D eigenvalue weighted by atomic mass is 32.2. The van der Waals surface area contributed by atoms with Crippen LogP contribution < -0.4 is 15.2 Å². The quantitative estimate of drug-likeness (QED) is 0.259. The van der Waals surface area contributed by atoms with Crippen LogP contribution in [0.3, 0.4) is 0 Å². The van der Waals surface area contributed by atoms with Crippen LogP contribution in [0.4, 0.5) is 4.79 Å². The van der Waals surface area contributed by atoms with Crippen LogP contribution in [-0.2, 0) is 42.4 Å². The fourth-order valence-corrected chi connectivity index (χ4v) is 9.64. The lowest BCUT2D eigenvalue weighted by Gasteiger charge is -2.34. The smallest absolute Gasteiger partial charge is 0.410 e. The summed E-state index contributed by atoms with van der Waals surface area (Å²) in [5, 5.41) is 0. The van der Waals surface area contributed by atoms with Crippen LogP contribution in [-0.4, -0.2) is 75.1 Å². The standard InChI is InChI=1S/C34H41N3O9S2/c1-24(18-26-10-5-3-6-11-26)32(35)37(48(42,43)29-15-16-30-31(19-29)46-23-45-30)33(38)25(2)21-47(40,41)22-28-14-9-17-36(28)34(39)44-20-27-12-7-4-8-13-27/h3-8,10-13,15-16,19,24-25,28,32H,9,14,17-18,20-23,35H2,1-2H3/t24-,25?,28-,32-/m0/s1. The molecule has 2 heterocycles. The van der Waals surface area contributed by atoms with Gasteiger partial charge in [0.2, 0.25) is 12.7 Å². The molecule has 0 saturated carbocycles. The molecule has 4 atom stereocenters. The van der Waals surface area contributed by atoms with Crippen LogP contribution >= 0.6 is 0 Å². The summed E-state index contributed by atoms with van der Waals surface area (Å²) in [5.41, 5.74) is 8.26. The number of sulfonamides is 1. The summed E-state index contributed by atoms with van der Waals surface area (Å²) in [7, 11) is -8.53. The number of carbonyl (C=O) groups excluding carboxylic acids is 2. The zero-order valence-corrected chi connectivity index (χ0v) is 28.6. The van der Waals surface area contributed by atoms with Crippen LogP contribution in [0.1, 0.15) is 37.8 Å². The van der Waals surface area contributed by atoms with Gasteiger partial charge in [0.05, 0.1) is 28.5 Å². The van der Waals surface area contributed by atoms with Crippen molar-refractivity contribution in [1.29, 1.82) is 0 Å². The first-order chi connectivity index (χ1) is 22.9. The second kappa shape index (κ2) is 15.0. The molecule has 0 spiro atoms. The summed E-state index contributed by atoms with van der Waals surface area (Å²) in [4.78, 5) is 28.1. The SMILES string of the molecule is CC(CS(=O)(=O)C[C@@H]1CCCN1C(=O)OCc1ccccc1)C(=O)N([C@H](N)[C@@H](C)Cc1ccccc1)S(=O)(=O)c1ccc2c(c1)OCO2. The molecule has 5 rings (SSSR count). The molecule has 48 heavy (non-hydrogen) atoms. The zero-order chi connectivity index (χ0) is 34.5. The Kier molecular flexibility index (Phi) is 11.0. The minimum absolute atomic E-state index is 0.0534. The number of amides is 2. The highest BCUT2D eigenvalue weighted by molar-refractivity contribution is 7.91. The van der Waals surface area contributed by atoms with Crippen molar-refractivity contribution >= 4 is 31.9 Å². The molecule has 2 N–H and O–H groups in total. The van der Waals surface area contributed by atoms with Crippen LogP contribution in [0.2, 0.25) is 0 Å². The molecule has 1 saturated heterocycles. The van der Waals surface area contributed by atoms with Gasteiger partial charge in [-0.3, -0.25) is 4.79 Å². The average molecular weight is 700 g/mol. The Labute approximate surface area is 281 Å². The molecule has 258 valence electrons. The summed E-state index contributed by atoms with van der Waals surface area (Å²) >= 11 is 0. The van der Waals surface area contributed by atoms with Gasteiger partial charge in [-0.05, 0) is 48.4 Å². The van der Waals surface area contributed by atoms with E-state index in [-0.39, 0.29) is 24.0 Å². The third-order valence-corrected chi connectivity index (χ3v) is 12.3. The first-order valence-electron chi connectivity index (χ1n) is 15.8. The van der Waals surface area contributed by atoms with Crippen molar-refractivity contribution in [2.24, 2.45) is 17.6 Å². The largest absolute Gasteiger partial charge is 0.454 e. The maximum absolute atomic E-state index is 14.1. The van der Waals surface area contributed by atoms with Crippen molar-refractivity contribution < 1.29 is 40.6 Å². The molecule has 12 nitrogen and oxygen atoms in total. The summed E-state index contributed by atoms with van der Waals surface area (Å²) in [6.45, 7) is 3.43. The van der Waals surface area contributed by atoms with E-state index in [9.17, 15) is 26.4 Å². The molecule has 1 unspecified atom stereocenters. The van der Waals surface area contributed by atoms with Crippen molar-refractivity contribution in [2.75, 3.05) is 24.8 Å². The maximum Gasteiger partial charge on any atom is 0.410 e. The molecular formula is C34H41N3O9S2. The van der Waals surface area contributed by atoms with Gasteiger partial charge in [-0.2, -0.15) is 0 Å². The van der Waals surface area contributed by atoms with Gasteiger partial charge in [0.15, 0.2) is 21.3 Å². The molecular weight excluding hydrogens is 659 g/mol. The van der Waals surface area contributed by atoms with Crippen molar-refractivity contribution in [3.8, 4) is 11.5 Å². The lowest BCUT2D eigenvalue weighted by Crippen LogP contribution is -2.55. The number of nitrogens with zero attached hydrogens (tertiary/aromatic N) is 2. The number of fused-ring (bicyclic) bond motifs is 1. The van der Waals surface area contributed by atoms with E-state index < -0.39 is 67.4 Å². The summed E-state index contributed by atoms with van der Waals surface area (Å²) in [6, 6.07) is 21.8. The Balaban J connectivity index is 1.32. The number of sulfone groups is 1. The molecule has 0 aliphatic carbocycles. The van der Waals surface area contributed by atoms with Crippen molar-refractivity contribution in [1.82, 2.24) is 9.21 Å². The van der Waals surface area contributed by atoms with Crippen LogP contribution in [0.5, 0.6) is 11.5 Å². The number of hydrogen-bond acceptors (Lipinski definition) is 10. The lowest BCUT2D eigenvalue weighted by atomic mass is 9.98. The number of ether oxygens (including phenoxy) is 3. The maximum atomic E-state index is 14.1.